The van der Waals surface area contributed by atoms with Gasteiger partial charge in [0.1, 0.15) is 5.75 Å². The number of nitrogens with two attached hydrogens (primary N) is 1. The number of carbonyl (C=O) groups excluding carboxylic acids is 3. The highest BCUT2D eigenvalue weighted by Gasteiger charge is 2.46. The van der Waals surface area contributed by atoms with Gasteiger partial charge in [-0.25, -0.2) is 0 Å². The van der Waals surface area contributed by atoms with Gasteiger partial charge in [0.15, 0.2) is 0 Å². The van der Waals surface area contributed by atoms with Gasteiger partial charge in [-0.3, -0.25) is 14.4 Å². The number of primary amides is 1. The topological polar surface area (TPSA) is 98.5 Å². The van der Waals surface area contributed by atoms with E-state index in [1.54, 1.807) is 12.1 Å². The average Bonchev–Trinajstić information content (AvgIpc) is 2.58. The number of methoxy groups -OCH3 is 1. The Morgan fingerprint density at radius 3 is 1.96 bits per heavy atom. The second-order valence-electron chi connectivity index (χ2n) is 6.53. The standard InChI is InChI=1S/C18H23F3N2O4/c1-9(2)14(15(24)18(19,20)21)23-17(26)13(10(3)16(22)25)11-5-7-12(27-4)8-6-11/h5-10,13-14H,1-4H3,(H2,22,25)(H,23,26)/t10?,13-,14-/m0/s1. The molecule has 0 saturated heterocycles. The van der Waals surface area contributed by atoms with Crippen LogP contribution in [0.25, 0.3) is 0 Å². The highest BCUT2D eigenvalue weighted by molar-refractivity contribution is 5.96. The number of hydrogen-bond acceptors (Lipinski definition) is 4. The largest absolute Gasteiger partial charge is 0.497 e. The lowest BCUT2D eigenvalue weighted by molar-refractivity contribution is -0.175. The van der Waals surface area contributed by atoms with Crippen LogP contribution >= 0.6 is 0 Å². The zero-order valence-corrected chi connectivity index (χ0v) is 15.5. The van der Waals surface area contributed by atoms with E-state index in [-0.39, 0.29) is 0 Å². The minimum absolute atomic E-state index is 0.363. The second kappa shape index (κ2) is 8.88. The molecule has 1 rings (SSSR count). The minimum Gasteiger partial charge on any atom is -0.497 e. The Morgan fingerprint density at radius 1 is 1.07 bits per heavy atom. The molecule has 3 atom stereocenters. The lowest BCUT2D eigenvalue weighted by atomic mass is 9.85. The van der Waals surface area contributed by atoms with Crippen LogP contribution in [0.3, 0.4) is 0 Å². The molecule has 0 bridgehead atoms. The van der Waals surface area contributed by atoms with Crippen LogP contribution in [0.1, 0.15) is 32.3 Å². The molecule has 0 fully saturated rings. The number of ether oxygens (including phenoxy) is 1. The van der Waals surface area contributed by atoms with Crippen molar-refractivity contribution in [1.82, 2.24) is 5.32 Å². The second-order valence-corrected chi connectivity index (χ2v) is 6.53. The first kappa shape index (κ1) is 22.5. The lowest BCUT2D eigenvalue weighted by Gasteiger charge is -2.27. The van der Waals surface area contributed by atoms with E-state index in [1.165, 1.54) is 40.0 Å². The Kier molecular flexibility index (Phi) is 7.38. The third-order valence-electron chi connectivity index (χ3n) is 4.23. The van der Waals surface area contributed by atoms with Crippen molar-refractivity contribution >= 4 is 17.6 Å². The molecular formula is C18H23F3N2O4. The summed E-state index contributed by atoms with van der Waals surface area (Å²) in [7, 11) is 1.45. The molecule has 2 amide bonds. The quantitative estimate of drug-likeness (QED) is 0.713. The third-order valence-corrected chi connectivity index (χ3v) is 4.23. The minimum atomic E-state index is -5.09. The summed E-state index contributed by atoms with van der Waals surface area (Å²) in [6.45, 7) is 4.16. The Balaban J connectivity index is 3.22. The highest BCUT2D eigenvalue weighted by atomic mass is 19.4. The fourth-order valence-electron chi connectivity index (χ4n) is 2.60. The molecule has 0 aliphatic carbocycles. The number of benzene rings is 1. The van der Waals surface area contributed by atoms with E-state index < -0.39 is 47.6 Å². The first-order valence-corrected chi connectivity index (χ1v) is 8.24. The van der Waals surface area contributed by atoms with E-state index in [2.05, 4.69) is 5.32 Å². The molecule has 0 radical (unpaired) electrons. The number of nitrogens with one attached hydrogen (secondary N) is 1. The van der Waals surface area contributed by atoms with E-state index in [0.29, 0.717) is 11.3 Å². The van der Waals surface area contributed by atoms with Crippen molar-refractivity contribution in [1.29, 1.82) is 0 Å². The number of carbonyl (C=O) groups is 3. The van der Waals surface area contributed by atoms with Gasteiger partial charge in [0, 0.05) is 0 Å². The normalized spacial score (nSPS) is 15.0. The summed E-state index contributed by atoms with van der Waals surface area (Å²) in [6, 6.07) is 4.35. The van der Waals surface area contributed by atoms with Gasteiger partial charge in [0.2, 0.25) is 11.8 Å². The summed E-state index contributed by atoms with van der Waals surface area (Å²) in [5.74, 6) is -6.20. The monoisotopic (exact) mass is 388 g/mol. The van der Waals surface area contributed by atoms with E-state index in [1.807, 2.05) is 0 Å². The first-order valence-electron chi connectivity index (χ1n) is 8.24. The summed E-state index contributed by atoms with van der Waals surface area (Å²) in [6.07, 6.45) is -5.09. The van der Waals surface area contributed by atoms with Gasteiger partial charge in [0.05, 0.1) is 25.0 Å². The van der Waals surface area contributed by atoms with Gasteiger partial charge in [-0.1, -0.05) is 32.9 Å². The summed E-state index contributed by atoms with van der Waals surface area (Å²) >= 11 is 0. The van der Waals surface area contributed by atoms with Crippen LogP contribution in [-0.4, -0.2) is 36.9 Å². The number of Topliss-reactive ketones (excluding diaryl/α,β-unsaturated/α-hetero) is 1. The molecular weight excluding hydrogens is 365 g/mol. The molecule has 1 unspecified atom stereocenters. The van der Waals surface area contributed by atoms with Crippen LogP contribution in [0.4, 0.5) is 13.2 Å². The van der Waals surface area contributed by atoms with E-state index in [0.717, 1.165) is 0 Å². The molecule has 150 valence electrons. The molecule has 9 heteroatoms. The number of ketones is 1. The van der Waals surface area contributed by atoms with Crippen molar-refractivity contribution in [2.75, 3.05) is 7.11 Å². The number of amides is 2. The van der Waals surface area contributed by atoms with Crippen LogP contribution in [0, 0.1) is 11.8 Å². The van der Waals surface area contributed by atoms with Crippen LogP contribution in [0.2, 0.25) is 0 Å². The maximum absolute atomic E-state index is 12.8. The Morgan fingerprint density at radius 2 is 1.59 bits per heavy atom. The van der Waals surface area contributed by atoms with E-state index in [9.17, 15) is 27.6 Å². The van der Waals surface area contributed by atoms with Crippen molar-refractivity contribution < 1.29 is 32.3 Å². The zero-order chi connectivity index (χ0) is 20.9. The summed E-state index contributed by atoms with van der Waals surface area (Å²) in [5, 5.41) is 2.14. The fraction of sp³-hybridized carbons (Fsp3) is 0.500. The van der Waals surface area contributed by atoms with Crippen molar-refractivity contribution in [3.63, 3.8) is 0 Å². The van der Waals surface area contributed by atoms with Gasteiger partial charge < -0.3 is 15.8 Å². The molecule has 0 heterocycles. The smallest absolute Gasteiger partial charge is 0.452 e. The van der Waals surface area contributed by atoms with Gasteiger partial charge in [0.25, 0.3) is 5.78 Å². The Labute approximate surface area is 155 Å². The Bertz CT molecular complexity index is 687. The maximum Gasteiger partial charge on any atom is 0.452 e. The summed E-state index contributed by atoms with van der Waals surface area (Å²) < 4.78 is 43.5. The molecule has 0 aliphatic heterocycles. The average molecular weight is 388 g/mol. The molecule has 3 N–H and O–H groups in total. The van der Waals surface area contributed by atoms with Gasteiger partial charge in [-0.2, -0.15) is 13.2 Å². The van der Waals surface area contributed by atoms with Crippen LogP contribution in [-0.2, 0) is 14.4 Å². The lowest BCUT2D eigenvalue weighted by Crippen LogP contribution is -2.52. The number of halogens is 3. The molecule has 1 aromatic carbocycles. The van der Waals surface area contributed by atoms with Gasteiger partial charge in [-0.15, -0.1) is 0 Å². The maximum atomic E-state index is 12.8. The number of alkyl halides is 3. The summed E-state index contributed by atoms with van der Waals surface area (Å²) in [4.78, 5) is 36.0. The fourth-order valence-corrected chi connectivity index (χ4v) is 2.60. The molecule has 0 aromatic heterocycles. The predicted octanol–water partition coefficient (Wildman–Crippen LogP) is 2.17. The van der Waals surface area contributed by atoms with Crippen molar-refractivity contribution in [3.05, 3.63) is 29.8 Å². The summed E-state index contributed by atoms with van der Waals surface area (Å²) in [5.41, 5.74) is 5.66. The van der Waals surface area contributed by atoms with Crippen molar-refractivity contribution in [2.24, 2.45) is 17.6 Å². The van der Waals surface area contributed by atoms with Crippen molar-refractivity contribution in [2.45, 2.75) is 38.9 Å². The van der Waals surface area contributed by atoms with Crippen LogP contribution in [0.5, 0.6) is 5.75 Å². The highest BCUT2D eigenvalue weighted by Crippen LogP contribution is 2.28. The molecule has 6 nitrogen and oxygen atoms in total. The van der Waals surface area contributed by atoms with E-state index in [4.69, 9.17) is 10.5 Å². The van der Waals surface area contributed by atoms with Crippen LogP contribution in [0.15, 0.2) is 24.3 Å². The number of hydrogen-bond donors (Lipinski definition) is 2. The molecule has 0 spiro atoms. The zero-order valence-electron chi connectivity index (χ0n) is 15.5. The van der Waals surface area contributed by atoms with Crippen molar-refractivity contribution in [3.8, 4) is 5.75 Å². The van der Waals surface area contributed by atoms with E-state index >= 15 is 0 Å². The molecule has 1 aromatic rings. The first-order chi connectivity index (χ1) is 12.4. The predicted molar refractivity (Wildman–Crippen MR) is 91.9 cm³/mol. The molecule has 0 saturated carbocycles. The molecule has 27 heavy (non-hydrogen) atoms. The van der Waals surface area contributed by atoms with Crippen LogP contribution < -0.4 is 15.8 Å². The Hall–Kier alpha value is -2.58. The van der Waals surface area contributed by atoms with Gasteiger partial charge in [-0.05, 0) is 23.6 Å². The van der Waals surface area contributed by atoms with Gasteiger partial charge >= 0.3 is 6.18 Å². The molecule has 0 aliphatic rings. The third kappa shape index (κ3) is 5.70. The number of rotatable bonds is 8. The SMILES string of the molecule is COc1ccc([C@@H](C(=O)N[C@H](C(=O)C(F)(F)F)C(C)C)C(C)C(N)=O)cc1.